The van der Waals surface area contributed by atoms with Gasteiger partial charge in [0, 0.05) is 38.8 Å². The second-order valence-electron chi connectivity index (χ2n) is 7.93. The van der Waals surface area contributed by atoms with Crippen LogP contribution < -0.4 is 10.2 Å². The van der Waals surface area contributed by atoms with E-state index in [1.54, 1.807) is 0 Å². The molecule has 6 heteroatoms. The summed E-state index contributed by atoms with van der Waals surface area (Å²) in [4.78, 5) is 21.4. The van der Waals surface area contributed by atoms with Crippen molar-refractivity contribution in [3.05, 3.63) is 60.0 Å². The first-order chi connectivity index (χ1) is 14.1. The van der Waals surface area contributed by atoms with Gasteiger partial charge in [-0.05, 0) is 49.2 Å². The summed E-state index contributed by atoms with van der Waals surface area (Å²) in [6, 6.07) is 16.1. The summed E-state index contributed by atoms with van der Waals surface area (Å²) in [6.07, 6.45) is 2.09. The number of rotatable bonds is 6. The molecule has 0 spiro atoms. The Morgan fingerprint density at radius 3 is 2.76 bits per heavy atom. The van der Waals surface area contributed by atoms with Crippen molar-refractivity contribution < 1.29 is 9.21 Å². The normalized spacial score (nSPS) is 17.4. The third kappa shape index (κ3) is 4.77. The van der Waals surface area contributed by atoms with Gasteiger partial charge in [-0.2, -0.15) is 0 Å². The zero-order chi connectivity index (χ0) is 20.2. The molecule has 1 amide bonds. The molecule has 1 N–H and O–H groups in total. The number of fused-ring (bicyclic) bond motifs is 1. The molecule has 0 bridgehead atoms. The number of piperidine rings is 1. The van der Waals surface area contributed by atoms with Crippen LogP contribution in [0, 0.1) is 0 Å². The fourth-order valence-corrected chi connectivity index (χ4v) is 3.84. The molecule has 2 aromatic carbocycles. The maximum Gasteiger partial charge on any atom is 0.234 e. The average molecular weight is 393 g/mol. The molecular formula is C23H28N4O2. The third-order valence-corrected chi connectivity index (χ3v) is 5.47. The minimum atomic E-state index is 0.0555. The number of hydrogen-bond acceptors (Lipinski definition) is 5. The lowest BCUT2D eigenvalue weighted by molar-refractivity contribution is -0.122. The van der Waals surface area contributed by atoms with Crippen molar-refractivity contribution in [2.24, 2.45) is 0 Å². The van der Waals surface area contributed by atoms with Gasteiger partial charge in [-0.1, -0.05) is 24.3 Å². The molecule has 2 heterocycles. The zero-order valence-corrected chi connectivity index (χ0v) is 17.1. The summed E-state index contributed by atoms with van der Waals surface area (Å²) in [7, 11) is 4.03. The van der Waals surface area contributed by atoms with Gasteiger partial charge in [0.25, 0.3) is 0 Å². The highest BCUT2D eigenvalue weighted by Gasteiger charge is 2.26. The summed E-state index contributed by atoms with van der Waals surface area (Å²) in [6.45, 7) is 2.70. The van der Waals surface area contributed by atoms with Crippen LogP contribution in [0.1, 0.15) is 30.2 Å². The van der Waals surface area contributed by atoms with Crippen LogP contribution in [-0.4, -0.2) is 49.5 Å². The lowest BCUT2D eigenvalue weighted by Gasteiger charge is -2.30. The molecule has 3 aromatic rings. The number of anilines is 1. The van der Waals surface area contributed by atoms with E-state index < -0.39 is 0 Å². The summed E-state index contributed by atoms with van der Waals surface area (Å²) >= 11 is 0. The monoisotopic (exact) mass is 392 g/mol. The second kappa shape index (κ2) is 8.66. The Morgan fingerprint density at radius 2 is 2.00 bits per heavy atom. The molecule has 1 atom stereocenters. The molecule has 6 nitrogen and oxygen atoms in total. The fraction of sp³-hybridized carbons (Fsp3) is 0.391. The predicted molar refractivity (Wildman–Crippen MR) is 115 cm³/mol. The summed E-state index contributed by atoms with van der Waals surface area (Å²) in [5, 5.41) is 3.04. The van der Waals surface area contributed by atoms with Crippen molar-refractivity contribution in [3.8, 4) is 0 Å². The van der Waals surface area contributed by atoms with Crippen LogP contribution in [0.25, 0.3) is 11.1 Å². The first-order valence-electron chi connectivity index (χ1n) is 10.2. The SMILES string of the molecule is CN(C)c1ccc(CNC(=O)CN2CCCC(c3nc4ccccc4o3)C2)cc1. The van der Waals surface area contributed by atoms with E-state index in [0.717, 1.165) is 54.2 Å². The molecule has 1 aliphatic rings. The highest BCUT2D eigenvalue weighted by molar-refractivity contribution is 5.78. The van der Waals surface area contributed by atoms with Gasteiger partial charge in [0.1, 0.15) is 5.52 Å². The predicted octanol–water partition coefficient (Wildman–Crippen LogP) is 3.39. The summed E-state index contributed by atoms with van der Waals surface area (Å²) in [5.74, 6) is 1.08. The number of hydrogen-bond donors (Lipinski definition) is 1. The molecule has 1 aromatic heterocycles. The lowest BCUT2D eigenvalue weighted by Crippen LogP contribution is -2.41. The molecule has 0 aliphatic carbocycles. The van der Waals surface area contributed by atoms with Gasteiger partial charge < -0.3 is 14.6 Å². The maximum atomic E-state index is 12.4. The van der Waals surface area contributed by atoms with Crippen molar-refractivity contribution in [1.29, 1.82) is 0 Å². The second-order valence-corrected chi connectivity index (χ2v) is 7.93. The first kappa shape index (κ1) is 19.5. The van der Waals surface area contributed by atoms with Gasteiger partial charge in [0.15, 0.2) is 11.5 Å². The van der Waals surface area contributed by atoms with E-state index in [0.29, 0.717) is 13.1 Å². The third-order valence-electron chi connectivity index (χ3n) is 5.47. The van der Waals surface area contributed by atoms with Crippen LogP contribution in [-0.2, 0) is 11.3 Å². The van der Waals surface area contributed by atoms with E-state index in [2.05, 4.69) is 44.4 Å². The van der Waals surface area contributed by atoms with Gasteiger partial charge in [-0.25, -0.2) is 4.98 Å². The minimum absolute atomic E-state index is 0.0555. The van der Waals surface area contributed by atoms with Gasteiger partial charge in [-0.3, -0.25) is 9.69 Å². The highest BCUT2D eigenvalue weighted by Crippen LogP contribution is 2.28. The minimum Gasteiger partial charge on any atom is -0.440 e. The number of amides is 1. The Hall–Kier alpha value is -2.86. The first-order valence-corrected chi connectivity index (χ1v) is 10.2. The van der Waals surface area contributed by atoms with Crippen molar-refractivity contribution in [2.45, 2.75) is 25.3 Å². The quantitative estimate of drug-likeness (QED) is 0.697. The number of nitrogens with zero attached hydrogens (tertiary/aromatic N) is 3. The van der Waals surface area contributed by atoms with Crippen LogP contribution in [0.15, 0.2) is 52.9 Å². The molecule has 1 aliphatic heterocycles. The zero-order valence-electron chi connectivity index (χ0n) is 17.1. The molecule has 1 saturated heterocycles. The van der Waals surface area contributed by atoms with Crippen molar-refractivity contribution in [1.82, 2.24) is 15.2 Å². The summed E-state index contributed by atoms with van der Waals surface area (Å²) in [5.41, 5.74) is 3.99. The number of benzene rings is 2. The molecule has 1 fully saturated rings. The van der Waals surface area contributed by atoms with Crippen LogP contribution in [0.5, 0.6) is 0 Å². The standard InChI is InChI=1S/C23H28N4O2/c1-26(2)19-11-9-17(10-12-19)14-24-22(28)16-27-13-5-6-18(15-27)23-25-20-7-3-4-8-21(20)29-23/h3-4,7-12,18H,5-6,13-16H2,1-2H3,(H,24,28). The molecule has 29 heavy (non-hydrogen) atoms. The van der Waals surface area contributed by atoms with E-state index in [1.807, 2.05) is 38.4 Å². The van der Waals surface area contributed by atoms with E-state index in [9.17, 15) is 4.79 Å². The van der Waals surface area contributed by atoms with E-state index in [1.165, 1.54) is 0 Å². The Bertz CT molecular complexity index is 931. The van der Waals surface area contributed by atoms with Crippen LogP contribution >= 0.6 is 0 Å². The van der Waals surface area contributed by atoms with Crippen LogP contribution in [0.2, 0.25) is 0 Å². The number of oxazole rings is 1. The van der Waals surface area contributed by atoms with Gasteiger partial charge in [-0.15, -0.1) is 0 Å². The lowest BCUT2D eigenvalue weighted by atomic mass is 9.98. The number of para-hydroxylation sites is 2. The van der Waals surface area contributed by atoms with Gasteiger partial charge in [0.2, 0.25) is 5.91 Å². The van der Waals surface area contributed by atoms with Crippen LogP contribution in [0.4, 0.5) is 5.69 Å². The Balaban J connectivity index is 1.30. The largest absolute Gasteiger partial charge is 0.440 e. The Kier molecular flexibility index (Phi) is 5.81. The summed E-state index contributed by atoms with van der Waals surface area (Å²) < 4.78 is 5.95. The van der Waals surface area contributed by atoms with Crippen molar-refractivity contribution >= 4 is 22.7 Å². The molecule has 0 saturated carbocycles. The smallest absolute Gasteiger partial charge is 0.234 e. The van der Waals surface area contributed by atoms with E-state index in [4.69, 9.17) is 4.42 Å². The molecule has 1 unspecified atom stereocenters. The number of likely N-dealkylation sites (tertiary alicyclic amines) is 1. The number of carbonyl (C=O) groups is 1. The molecule has 4 rings (SSSR count). The highest BCUT2D eigenvalue weighted by atomic mass is 16.3. The van der Waals surface area contributed by atoms with E-state index in [-0.39, 0.29) is 11.8 Å². The number of aromatic nitrogens is 1. The molecule has 0 radical (unpaired) electrons. The maximum absolute atomic E-state index is 12.4. The Labute approximate surface area is 171 Å². The van der Waals surface area contributed by atoms with Gasteiger partial charge in [0.05, 0.1) is 6.54 Å². The van der Waals surface area contributed by atoms with Crippen molar-refractivity contribution in [2.75, 3.05) is 38.6 Å². The molecule has 152 valence electrons. The van der Waals surface area contributed by atoms with Crippen LogP contribution in [0.3, 0.4) is 0 Å². The average Bonchev–Trinajstić information content (AvgIpc) is 3.17. The Morgan fingerprint density at radius 1 is 1.21 bits per heavy atom. The van der Waals surface area contributed by atoms with E-state index >= 15 is 0 Å². The number of carbonyl (C=O) groups excluding carboxylic acids is 1. The topological polar surface area (TPSA) is 61.6 Å². The molecular weight excluding hydrogens is 364 g/mol. The fourth-order valence-electron chi connectivity index (χ4n) is 3.84. The van der Waals surface area contributed by atoms with Gasteiger partial charge >= 0.3 is 0 Å². The number of nitrogens with one attached hydrogen (secondary N) is 1. The van der Waals surface area contributed by atoms with Crippen molar-refractivity contribution in [3.63, 3.8) is 0 Å².